The van der Waals surface area contributed by atoms with Crippen LogP contribution in [0.5, 0.6) is 0 Å². The molecule has 1 saturated heterocycles. The van der Waals surface area contributed by atoms with E-state index in [0.717, 1.165) is 57.4 Å². The lowest BCUT2D eigenvalue weighted by Gasteiger charge is -2.33. The van der Waals surface area contributed by atoms with Gasteiger partial charge in [0.15, 0.2) is 0 Å². The molecule has 0 aromatic carbocycles. The van der Waals surface area contributed by atoms with Crippen LogP contribution in [0.2, 0.25) is 0 Å². The number of hydrogen-bond donors (Lipinski definition) is 2. The van der Waals surface area contributed by atoms with E-state index in [4.69, 9.17) is 0 Å². The number of amides is 1. The highest BCUT2D eigenvalue weighted by Gasteiger charge is 2.30. The number of nitrogens with one attached hydrogen (secondary N) is 1. The lowest BCUT2D eigenvalue weighted by Crippen LogP contribution is -2.46. The first kappa shape index (κ1) is 17.1. The summed E-state index contributed by atoms with van der Waals surface area (Å²) in [4.78, 5) is 23.3. The summed E-state index contributed by atoms with van der Waals surface area (Å²) in [5, 5.41) is 12.8. The average Bonchev–Trinajstić information content (AvgIpc) is 2.87. The van der Waals surface area contributed by atoms with Crippen LogP contribution in [0, 0.1) is 11.8 Å². The molecule has 24 heavy (non-hydrogen) atoms. The number of nitrogens with zero attached hydrogens (tertiary/aromatic N) is 3. The van der Waals surface area contributed by atoms with Gasteiger partial charge in [0.05, 0.1) is 6.20 Å². The Labute approximate surface area is 143 Å². The molecule has 2 atom stereocenters. The van der Waals surface area contributed by atoms with Crippen LogP contribution < -0.4 is 10.2 Å². The molecule has 6 heteroatoms. The molecule has 1 saturated carbocycles. The summed E-state index contributed by atoms with van der Waals surface area (Å²) < 4.78 is 0. The van der Waals surface area contributed by atoms with Crippen molar-refractivity contribution in [2.45, 2.75) is 51.0 Å². The molecule has 6 nitrogen and oxygen atoms in total. The summed E-state index contributed by atoms with van der Waals surface area (Å²) in [5.74, 6) is 1.34. The molecule has 2 N–H and O–H groups in total. The Morgan fingerprint density at radius 1 is 1.17 bits per heavy atom. The Kier molecular flexibility index (Phi) is 6.01. The molecule has 1 aliphatic heterocycles. The van der Waals surface area contributed by atoms with Crippen molar-refractivity contribution in [1.82, 2.24) is 15.3 Å². The van der Waals surface area contributed by atoms with Crippen molar-refractivity contribution in [1.29, 1.82) is 0 Å². The summed E-state index contributed by atoms with van der Waals surface area (Å²) in [6.45, 7) is 1.85. The predicted molar refractivity (Wildman–Crippen MR) is 92.6 cm³/mol. The number of aliphatic hydroxyl groups excluding tert-OH is 1. The zero-order chi connectivity index (χ0) is 16.8. The van der Waals surface area contributed by atoms with E-state index in [0.29, 0.717) is 0 Å². The molecule has 2 fully saturated rings. The van der Waals surface area contributed by atoms with Crippen LogP contribution in [0.3, 0.4) is 0 Å². The summed E-state index contributed by atoms with van der Waals surface area (Å²) in [6, 6.07) is 0.142. The van der Waals surface area contributed by atoms with E-state index in [-0.39, 0.29) is 30.4 Å². The molecular weight excluding hydrogens is 304 g/mol. The van der Waals surface area contributed by atoms with Crippen LogP contribution in [0.15, 0.2) is 18.6 Å². The van der Waals surface area contributed by atoms with Crippen LogP contribution in [0.1, 0.15) is 44.9 Å². The van der Waals surface area contributed by atoms with E-state index in [1.165, 1.54) is 6.42 Å². The fourth-order valence-corrected chi connectivity index (χ4v) is 3.92. The SMILES string of the molecule is O=C(NC1CCCCCC1CO)C1CCN(c2cnccn2)CC1. The third-order valence-electron chi connectivity index (χ3n) is 5.46. The van der Waals surface area contributed by atoms with Gasteiger partial charge in [-0.15, -0.1) is 0 Å². The monoisotopic (exact) mass is 332 g/mol. The van der Waals surface area contributed by atoms with E-state index in [9.17, 15) is 9.90 Å². The highest BCUT2D eigenvalue weighted by Crippen LogP contribution is 2.25. The Morgan fingerprint density at radius 2 is 1.96 bits per heavy atom. The highest BCUT2D eigenvalue weighted by molar-refractivity contribution is 5.79. The quantitative estimate of drug-likeness (QED) is 0.821. The standard InChI is InChI=1S/C18H28N4O2/c23-13-15-4-2-1-3-5-16(15)21-18(24)14-6-10-22(11-7-14)17-12-19-8-9-20-17/h8-9,12,14-16,23H,1-7,10-11,13H2,(H,21,24). The largest absolute Gasteiger partial charge is 0.396 e. The molecule has 1 aromatic heterocycles. The van der Waals surface area contributed by atoms with Gasteiger partial charge in [0, 0.05) is 50.0 Å². The van der Waals surface area contributed by atoms with E-state index < -0.39 is 0 Å². The number of aromatic nitrogens is 2. The van der Waals surface area contributed by atoms with Crippen molar-refractivity contribution >= 4 is 11.7 Å². The molecule has 1 aliphatic carbocycles. The molecule has 1 amide bonds. The Balaban J connectivity index is 1.51. The van der Waals surface area contributed by atoms with Crippen LogP contribution in [0.25, 0.3) is 0 Å². The number of hydrogen-bond acceptors (Lipinski definition) is 5. The average molecular weight is 332 g/mol. The lowest BCUT2D eigenvalue weighted by atomic mass is 9.92. The van der Waals surface area contributed by atoms with Gasteiger partial charge in [0.1, 0.15) is 5.82 Å². The van der Waals surface area contributed by atoms with Crippen LogP contribution in [0.4, 0.5) is 5.82 Å². The fourth-order valence-electron chi connectivity index (χ4n) is 3.92. The minimum Gasteiger partial charge on any atom is -0.396 e. The first-order valence-electron chi connectivity index (χ1n) is 9.20. The van der Waals surface area contributed by atoms with Gasteiger partial charge in [-0.2, -0.15) is 0 Å². The van der Waals surface area contributed by atoms with Gasteiger partial charge in [-0.25, -0.2) is 4.98 Å². The number of anilines is 1. The number of aliphatic hydroxyl groups is 1. The van der Waals surface area contributed by atoms with Crippen molar-refractivity contribution < 1.29 is 9.90 Å². The fraction of sp³-hybridized carbons (Fsp3) is 0.722. The van der Waals surface area contributed by atoms with Gasteiger partial charge >= 0.3 is 0 Å². The van der Waals surface area contributed by atoms with Gasteiger partial charge < -0.3 is 15.3 Å². The Morgan fingerprint density at radius 3 is 2.67 bits per heavy atom. The minimum absolute atomic E-state index is 0.0699. The first-order valence-corrected chi connectivity index (χ1v) is 9.20. The Hall–Kier alpha value is -1.69. The molecule has 2 heterocycles. The van der Waals surface area contributed by atoms with Gasteiger partial charge in [-0.1, -0.05) is 19.3 Å². The molecule has 2 unspecified atom stereocenters. The second-order valence-electron chi connectivity index (χ2n) is 7.02. The number of rotatable bonds is 4. The van der Waals surface area contributed by atoms with E-state index in [1.54, 1.807) is 18.6 Å². The van der Waals surface area contributed by atoms with Crippen molar-refractivity contribution in [2.24, 2.45) is 11.8 Å². The third kappa shape index (κ3) is 4.23. The van der Waals surface area contributed by atoms with Gasteiger partial charge in [-0.3, -0.25) is 9.78 Å². The molecule has 0 spiro atoms. The number of carbonyl (C=O) groups is 1. The number of piperidine rings is 1. The van der Waals surface area contributed by atoms with Crippen LogP contribution in [-0.2, 0) is 4.79 Å². The predicted octanol–water partition coefficient (Wildman–Crippen LogP) is 1.75. The molecule has 3 rings (SSSR count). The summed E-state index contributed by atoms with van der Waals surface area (Å²) >= 11 is 0. The molecular formula is C18H28N4O2. The van der Waals surface area contributed by atoms with Gasteiger partial charge in [-0.05, 0) is 25.7 Å². The topological polar surface area (TPSA) is 78.4 Å². The Bertz CT molecular complexity index is 517. The highest BCUT2D eigenvalue weighted by atomic mass is 16.3. The van der Waals surface area contributed by atoms with Gasteiger partial charge in [0.2, 0.25) is 5.91 Å². The first-order chi connectivity index (χ1) is 11.8. The van der Waals surface area contributed by atoms with Crippen LogP contribution >= 0.6 is 0 Å². The van der Waals surface area contributed by atoms with Crippen LogP contribution in [-0.4, -0.2) is 46.7 Å². The maximum Gasteiger partial charge on any atom is 0.223 e. The van der Waals surface area contributed by atoms with Crippen molar-refractivity contribution in [3.8, 4) is 0 Å². The number of carbonyl (C=O) groups excluding carboxylic acids is 1. The van der Waals surface area contributed by atoms with Crippen molar-refractivity contribution in [3.05, 3.63) is 18.6 Å². The summed E-state index contributed by atoms with van der Waals surface area (Å²) in [7, 11) is 0. The smallest absolute Gasteiger partial charge is 0.223 e. The molecule has 2 aliphatic rings. The van der Waals surface area contributed by atoms with E-state index in [2.05, 4.69) is 20.2 Å². The molecule has 0 bridgehead atoms. The molecule has 132 valence electrons. The third-order valence-corrected chi connectivity index (χ3v) is 5.46. The minimum atomic E-state index is 0.0699. The second kappa shape index (κ2) is 8.42. The summed E-state index contributed by atoms with van der Waals surface area (Å²) in [6.07, 6.45) is 12.4. The zero-order valence-electron chi connectivity index (χ0n) is 14.2. The summed E-state index contributed by atoms with van der Waals surface area (Å²) in [5.41, 5.74) is 0. The van der Waals surface area contributed by atoms with Crippen molar-refractivity contribution in [3.63, 3.8) is 0 Å². The lowest BCUT2D eigenvalue weighted by molar-refractivity contribution is -0.126. The maximum absolute atomic E-state index is 12.6. The maximum atomic E-state index is 12.6. The molecule has 1 aromatic rings. The van der Waals surface area contributed by atoms with E-state index in [1.807, 2.05) is 0 Å². The molecule has 0 radical (unpaired) electrons. The normalized spacial score (nSPS) is 26.0. The van der Waals surface area contributed by atoms with E-state index >= 15 is 0 Å². The zero-order valence-corrected chi connectivity index (χ0v) is 14.2. The second-order valence-corrected chi connectivity index (χ2v) is 7.02. The van der Waals surface area contributed by atoms with Crippen molar-refractivity contribution in [2.75, 3.05) is 24.6 Å². The van der Waals surface area contributed by atoms with Gasteiger partial charge in [0.25, 0.3) is 0 Å².